The number of hydrogen-bond acceptors (Lipinski definition) is 3. The summed E-state index contributed by atoms with van der Waals surface area (Å²) in [5, 5.41) is -0.315. The molecule has 4 nitrogen and oxygen atoms in total. The SMILES string of the molecule is CCOC(=O)C(Cc1ccccc1Cl)N(C)C(=O)C(c1c(Cl)cccc1Cl)C(F)(F)F. The van der Waals surface area contributed by atoms with Gasteiger partial charge in [-0.25, -0.2) is 4.79 Å². The number of rotatable bonds is 7. The predicted octanol–water partition coefficient (Wildman–Crippen LogP) is 5.93. The maximum atomic E-state index is 14.0. The van der Waals surface area contributed by atoms with Crippen LogP contribution >= 0.6 is 34.8 Å². The molecule has 0 aliphatic rings. The summed E-state index contributed by atoms with van der Waals surface area (Å²) < 4.78 is 46.9. The first-order chi connectivity index (χ1) is 14.5. The molecule has 1 amide bonds. The van der Waals surface area contributed by atoms with E-state index in [0.717, 1.165) is 7.05 Å². The summed E-state index contributed by atoms with van der Waals surface area (Å²) in [5.41, 5.74) is -0.100. The Bertz CT molecular complexity index is 933. The van der Waals surface area contributed by atoms with Crippen LogP contribution in [0.3, 0.4) is 0 Å². The zero-order valence-corrected chi connectivity index (χ0v) is 18.8. The standard InChI is InChI=1S/C21H19Cl3F3NO3/c1-3-31-20(30)16(11-12-7-4-5-8-13(12)22)28(2)19(29)18(21(25,26)27)17-14(23)9-6-10-15(17)24/h4-10,16,18H,3,11H2,1-2H3. The zero-order chi connectivity index (χ0) is 23.3. The van der Waals surface area contributed by atoms with Crippen molar-refractivity contribution in [2.75, 3.05) is 13.7 Å². The molecule has 168 valence electrons. The third-order valence-electron chi connectivity index (χ3n) is 4.61. The molecule has 0 aromatic heterocycles. The van der Waals surface area contributed by atoms with Gasteiger partial charge in [0.25, 0.3) is 0 Å². The van der Waals surface area contributed by atoms with Crippen molar-refractivity contribution < 1.29 is 27.5 Å². The van der Waals surface area contributed by atoms with Crippen LogP contribution in [-0.4, -0.2) is 42.6 Å². The minimum absolute atomic E-state index is 0.0150. The highest BCUT2D eigenvalue weighted by atomic mass is 35.5. The molecule has 0 radical (unpaired) electrons. The molecule has 2 rings (SSSR count). The van der Waals surface area contributed by atoms with E-state index < -0.39 is 35.6 Å². The summed E-state index contributed by atoms with van der Waals surface area (Å²) >= 11 is 18.1. The lowest BCUT2D eigenvalue weighted by atomic mass is 9.95. The van der Waals surface area contributed by atoms with Gasteiger partial charge in [-0.15, -0.1) is 0 Å². The Kier molecular flexibility index (Phi) is 8.63. The number of amides is 1. The van der Waals surface area contributed by atoms with Gasteiger partial charge in [0.15, 0.2) is 5.92 Å². The van der Waals surface area contributed by atoms with Crippen molar-refractivity contribution in [3.05, 3.63) is 68.7 Å². The van der Waals surface area contributed by atoms with E-state index in [1.165, 1.54) is 18.2 Å². The average Bonchev–Trinajstić information content (AvgIpc) is 2.68. The van der Waals surface area contributed by atoms with Gasteiger partial charge in [-0.3, -0.25) is 4.79 Å². The van der Waals surface area contributed by atoms with Crippen LogP contribution in [0, 0.1) is 0 Å². The smallest absolute Gasteiger partial charge is 0.404 e. The third-order valence-corrected chi connectivity index (χ3v) is 5.64. The molecular weight excluding hydrogens is 478 g/mol. The Labute approximate surface area is 192 Å². The van der Waals surface area contributed by atoms with Crippen LogP contribution in [0.25, 0.3) is 0 Å². The molecule has 0 fully saturated rings. The number of alkyl halides is 3. The van der Waals surface area contributed by atoms with Crippen LogP contribution in [0.1, 0.15) is 24.0 Å². The molecule has 2 atom stereocenters. The second kappa shape index (κ2) is 10.6. The van der Waals surface area contributed by atoms with Crippen LogP contribution in [0.2, 0.25) is 15.1 Å². The first kappa shape index (κ1) is 25.3. The van der Waals surface area contributed by atoms with Gasteiger partial charge in [0.05, 0.1) is 6.61 Å². The molecule has 0 heterocycles. The second-order valence-corrected chi connectivity index (χ2v) is 7.84. The Morgan fingerprint density at radius 2 is 1.55 bits per heavy atom. The van der Waals surface area contributed by atoms with Crippen LogP contribution in [0.5, 0.6) is 0 Å². The molecule has 2 aromatic carbocycles. The number of carbonyl (C=O) groups is 2. The normalized spacial score (nSPS) is 13.4. The monoisotopic (exact) mass is 495 g/mol. The Morgan fingerprint density at radius 1 is 1.00 bits per heavy atom. The Morgan fingerprint density at radius 3 is 2.06 bits per heavy atom. The van der Waals surface area contributed by atoms with E-state index in [1.54, 1.807) is 31.2 Å². The summed E-state index contributed by atoms with van der Waals surface area (Å²) in [5.74, 6) is -4.92. The van der Waals surface area contributed by atoms with E-state index in [2.05, 4.69) is 0 Å². The summed E-state index contributed by atoms with van der Waals surface area (Å²) in [6, 6.07) is 8.95. The highest BCUT2D eigenvalue weighted by molar-refractivity contribution is 6.36. The van der Waals surface area contributed by atoms with Crippen molar-refractivity contribution in [3.8, 4) is 0 Å². The van der Waals surface area contributed by atoms with E-state index >= 15 is 0 Å². The van der Waals surface area contributed by atoms with Gasteiger partial charge in [0, 0.05) is 34.1 Å². The van der Waals surface area contributed by atoms with Crippen molar-refractivity contribution in [1.82, 2.24) is 4.90 Å². The molecule has 2 unspecified atom stereocenters. The molecule has 0 aliphatic heterocycles. The topological polar surface area (TPSA) is 46.6 Å². The first-order valence-electron chi connectivity index (χ1n) is 9.16. The van der Waals surface area contributed by atoms with Gasteiger partial charge in [-0.05, 0) is 30.7 Å². The lowest BCUT2D eigenvalue weighted by Crippen LogP contribution is -2.49. The van der Waals surface area contributed by atoms with Crippen LogP contribution < -0.4 is 0 Å². The molecule has 0 spiro atoms. The molecule has 0 aliphatic carbocycles. The van der Waals surface area contributed by atoms with Crippen molar-refractivity contribution in [1.29, 1.82) is 0 Å². The second-order valence-electron chi connectivity index (χ2n) is 6.62. The first-order valence-corrected chi connectivity index (χ1v) is 10.3. The Hall–Kier alpha value is -1.96. The third kappa shape index (κ3) is 6.05. The van der Waals surface area contributed by atoms with Crippen molar-refractivity contribution >= 4 is 46.7 Å². The highest BCUT2D eigenvalue weighted by Gasteiger charge is 2.50. The predicted molar refractivity (Wildman–Crippen MR) is 114 cm³/mol. The van der Waals surface area contributed by atoms with Gasteiger partial charge < -0.3 is 9.64 Å². The maximum Gasteiger partial charge on any atom is 0.404 e. The maximum absolute atomic E-state index is 14.0. The molecule has 31 heavy (non-hydrogen) atoms. The van der Waals surface area contributed by atoms with E-state index in [0.29, 0.717) is 15.5 Å². The van der Waals surface area contributed by atoms with Gasteiger partial charge in [-0.1, -0.05) is 59.1 Å². The minimum atomic E-state index is -5.01. The largest absolute Gasteiger partial charge is 0.464 e. The van der Waals surface area contributed by atoms with Crippen LogP contribution in [0.4, 0.5) is 13.2 Å². The number of nitrogens with zero attached hydrogens (tertiary/aromatic N) is 1. The van der Waals surface area contributed by atoms with Crippen molar-refractivity contribution in [2.45, 2.75) is 31.5 Å². The minimum Gasteiger partial charge on any atom is -0.464 e. The summed E-state index contributed by atoms with van der Waals surface area (Å²) in [4.78, 5) is 26.3. The number of benzene rings is 2. The Balaban J connectivity index is 2.49. The van der Waals surface area contributed by atoms with E-state index in [4.69, 9.17) is 39.5 Å². The fourth-order valence-electron chi connectivity index (χ4n) is 3.06. The molecule has 0 saturated heterocycles. The summed E-state index contributed by atoms with van der Waals surface area (Å²) in [7, 11) is 1.10. The lowest BCUT2D eigenvalue weighted by Gasteiger charge is -2.31. The number of carbonyl (C=O) groups excluding carboxylic acids is 2. The van der Waals surface area contributed by atoms with Gasteiger partial charge in [0.2, 0.25) is 5.91 Å². The molecule has 0 saturated carbocycles. The van der Waals surface area contributed by atoms with Crippen LogP contribution in [0.15, 0.2) is 42.5 Å². The van der Waals surface area contributed by atoms with Crippen molar-refractivity contribution in [3.63, 3.8) is 0 Å². The number of esters is 1. The van der Waals surface area contributed by atoms with Gasteiger partial charge in [0.1, 0.15) is 6.04 Å². The highest BCUT2D eigenvalue weighted by Crippen LogP contribution is 2.43. The molecule has 0 bridgehead atoms. The molecular formula is C21H19Cl3F3NO3. The van der Waals surface area contributed by atoms with Crippen LogP contribution in [-0.2, 0) is 20.7 Å². The average molecular weight is 497 g/mol. The fraction of sp³-hybridized carbons (Fsp3) is 0.333. The molecule has 10 heteroatoms. The fourth-order valence-corrected chi connectivity index (χ4v) is 3.89. The zero-order valence-electron chi connectivity index (χ0n) is 16.6. The summed E-state index contributed by atoms with van der Waals surface area (Å²) in [6.07, 6.45) is -5.15. The quantitative estimate of drug-likeness (QED) is 0.447. The number of halogens is 6. The van der Waals surface area contributed by atoms with E-state index in [1.807, 2.05) is 0 Å². The van der Waals surface area contributed by atoms with E-state index in [9.17, 15) is 22.8 Å². The number of ether oxygens (including phenoxy) is 1. The summed E-state index contributed by atoms with van der Waals surface area (Å²) in [6.45, 7) is 1.53. The molecule has 2 aromatic rings. The van der Waals surface area contributed by atoms with Gasteiger partial charge in [-0.2, -0.15) is 13.2 Å². The van der Waals surface area contributed by atoms with Gasteiger partial charge >= 0.3 is 12.1 Å². The van der Waals surface area contributed by atoms with Crippen molar-refractivity contribution in [2.24, 2.45) is 0 Å². The number of likely N-dealkylation sites (N-methyl/N-ethyl adjacent to an activating group) is 1. The number of hydrogen-bond donors (Lipinski definition) is 0. The van der Waals surface area contributed by atoms with E-state index in [-0.39, 0.29) is 23.1 Å². The molecule has 0 N–H and O–H groups in total. The lowest BCUT2D eigenvalue weighted by molar-refractivity contribution is -0.175.